The van der Waals surface area contributed by atoms with E-state index in [9.17, 15) is 0 Å². The van der Waals surface area contributed by atoms with Crippen LogP contribution in [0.15, 0.2) is 36.7 Å². The van der Waals surface area contributed by atoms with E-state index in [4.69, 9.17) is 5.73 Å². The lowest BCUT2D eigenvalue weighted by Crippen LogP contribution is -2.03. The Hall–Kier alpha value is -1.94. The normalized spacial score (nSPS) is 10.2. The topological polar surface area (TPSA) is 63.8 Å². The Balaban J connectivity index is 2.02. The summed E-state index contributed by atoms with van der Waals surface area (Å²) in [5.74, 6) is 0.843. The van der Waals surface area contributed by atoms with E-state index in [1.807, 2.05) is 25.1 Å². The molecular formula is C13H16N4. The highest BCUT2D eigenvalue weighted by molar-refractivity contribution is 5.36. The quantitative estimate of drug-likeness (QED) is 0.838. The summed E-state index contributed by atoms with van der Waals surface area (Å²) in [6, 6.07) is 10.1. The lowest BCUT2D eigenvalue weighted by Gasteiger charge is -2.07. The molecule has 0 unspecified atom stereocenters. The summed E-state index contributed by atoms with van der Waals surface area (Å²) in [5, 5.41) is 3.26. The Morgan fingerprint density at radius 1 is 1.18 bits per heavy atom. The fraction of sp³-hybridized carbons (Fsp3) is 0.231. The molecule has 0 fully saturated rings. The minimum atomic E-state index is 0.570. The van der Waals surface area contributed by atoms with Gasteiger partial charge in [0.1, 0.15) is 12.1 Å². The molecule has 0 saturated heterocycles. The Kier molecular flexibility index (Phi) is 3.67. The summed E-state index contributed by atoms with van der Waals surface area (Å²) in [4.78, 5) is 8.20. The van der Waals surface area contributed by atoms with Gasteiger partial charge < -0.3 is 11.1 Å². The van der Waals surface area contributed by atoms with Crippen molar-refractivity contribution in [1.29, 1.82) is 0 Å². The average molecular weight is 228 g/mol. The molecule has 2 aromatic rings. The lowest BCUT2D eigenvalue weighted by molar-refractivity contribution is 1.03. The molecule has 1 aromatic heterocycles. The zero-order valence-corrected chi connectivity index (χ0v) is 9.85. The molecule has 17 heavy (non-hydrogen) atoms. The van der Waals surface area contributed by atoms with Gasteiger partial charge in [-0.15, -0.1) is 0 Å². The molecule has 0 spiro atoms. The fourth-order valence-corrected chi connectivity index (χ4v) is 1.61. The Morgan fingerprint density at radius 3 is 2.76 bits per heavy atom. The monoisotopic (exact) mass is 228 g/mol. The first-order valence-corrected chi connectivity index (χ1v) is 5.58. The van der Waals surface area contributed by atoms with Crippen LogP contribution in [0.25, 0.3) is 0 Å². The third-order valence-electron chi connectivity index (χ3n) is 2.50. The van der Waals surface area contributed by atoms with Gasteiger partial charge in [0, 0.05) is 24.8 Å². The number of aromatic nitrogens is 2. The highest BCUT2D eigenvalue weighted by Crippen LogP contribution is 2.08. The van der Waals surface area contributed by atoms with Crippen LogP contribution in [0.2, 0.25) is 0 Å². The third-order valence-corrected chi connectivity index (χ3v) is 2.50. The highest BCUT2D eigenvalue weighted by atomic mass is 15.0. The highest BCUT2D eigenvalue weighted by Gasteiger charge is 1.97. The molecule has 0 bridgehead atoms. The van der Waals surface area contributed by atoms with Crippen molar-refractivity contribution in [3.05, 3.63) is 53.5 Å². The maximum atomic E-state index is 5.60. The molecule has 4 heteroatoms. The molecule has 2 rings (SSSR count). The Morgan fingerprint density at radius 2 is 2.00 bits per heavy atom. The first-order chi connectivity index (χ1) is 8.28. The third kappa shape index (κ3) is 3.26. The van der Waals surface area contributed by atoms with E-state index in [0.29, 0.717) is 6.54 Å². The van der Waals surface area contributed by atoms with Gasteiger partial charge in [-0.05, 0) is 18.1 Å². The van der Waals surface area contributed by atoms with Crippen molar-refractivity contribution in [2.45, 2.75) is 20.0 Å². The van der Waals surface area contributed by atoms with E-state index in [0.717, 1.165) is 23.6 Å². The van der Waals surface area contributed by atoms with Crippen LogP contribution < -0.4 is 11.1 Å². The van der Waals surface area contributed by atoms with Crippen molar-refractivity contribution in [3.63, 3.8) is 0 Å². The predicted molar refractivity (Wildman–Crippen MR) is 68.4 cm³/mol. The molecule has 0 aliphatic rings. The lowest BCUT2D eigenvalue weighted by atomic mass is 10.1. The van der Waals surface area contributed by atoms with Gasteiger partial charge in [-0.25, -0.2) is 9.97 Å². The minimum absolute atomic E-state index is 0.570. The summed E-state index contributed by atoms with van der Waals surface area (Å²) in [6.07, 6.45) is 1.56. The molecule has 0 aliphatic heterocycles. The van der Waals surface area contributed by atoms with Crippen LogP contribution in [-0.4, -0.2) is 9.97 Å². The van der Waals surface area contributed by atoms with Crippen LogP contribution in [0.3, 0.4) is 0 Å². The zero-order chi connectivity index (χ0) is 12.1. The molecule has 0 radical (unpaired) electrons. The predicted octanol–water partition coefficient (Wildman–Crippen LogP) is 1.86. The molecule has 0 aliphatic carbocycles. The number of aryl methyl sites for hydroxylation is 1. The Labute approximate surface area is 101 Å². The summed E-state index contributed by atoms with van der Waals surface area (Å²) in [5.41, 5.74) is 8.90. The first-order valence-electron chi connectivity index (χ1n) is 5.58. The SMILES string of the molecule is Cc1cc(NCc2cccc(CN)c2)ncn1. The number of rotatable bonds is 4. The van der Waals surface area contributed by atoms with Gasteiger partial charge in [0.25, 0.3) is 0 Å². The molecule has 4 nitrogen and oxygen atoms in total. The van der Waals surface area contributed by atoms with Crippen LogP contribution in [0.5, 0.6) is 0 Å². The second-order valence-electron chi connectivity index (χ2n) is 3.92. The molecule has 1 heterocycles. The first kappa shape index (κ1) is 11.5. The van der Waals surface area contributed by atoms with Crippen LogP contribution in [0.1, 0.15) is 16.8 Å². The van der Waals surface area contributed by atoms with Gasteiger partial charge in [-0.3, -0.25) is 0 Å². The largest absolute Gasteiger partial charge is 0.366 e. The van der Waals surface area contributed by atoms with Crippen LogP contribution in [0, 0.1) is 6.92 Å². The van der Waals surface area contributed by atoms with Gasteiger partial charge in [0.15, 0.2) is 0 Å². The van der Waals surface area contributed by atoms with Crippen molar-refractivity contribution >= 4 is 5.82 Å². The number of nitrogens with two attached hydrogens (primary N) is 1. The van der Waals surface area contributed by atoms with Crippen LogP contribution in [0.4, 0.5) is 5.82 Å². The number of nitrogens with one attached hydrogen (secondary N) is 1. The molecular weight excluding hydrogens is 212 g/mol. The van der Waals surface area contributed by atoms with E-state index >= 15 is 0 Å². The van der Waals surface area contributed by atoms with Crippen LogP contribution >= 0.6 is 0 Å². The number of hydrogen-bond donors (Lipinski definition) is 2. The van der Waals surface area contributed by atoms with Crippen molar-refractivity contribution in [1.82, 2.24) is 9.97 Å². The van der Waals surface area contributed by atoms with Crippen molar-refractivity contribution < 1.29 is 0 Å². The van der Waals surface area contributed by atoms with E-state index in [2.05, 4.69) is 27.4 Å². The van der Waals surface area contributed by atoms with Gasteiger partial charge in [0.05, 0.1) is 0 Å². The van der Waals surface area contributed by atoms with E-state index < -0.39 is 0 Å². The van der Waals surface area contributed by atoms with E-state index in [1.165, 1.54) is 5.56 Å². The molecule has 3 N–H and O–H groups in total. The van der Waals surface area contributed by atoms with Gasteiger partial charge in [0.2, 0.25) is 0 Å². The number of benzene rings is 1. The maximum absolute atomic E-state index is 5.60. The van der Waals surface area contributed by atoms with E-state index in [1.54, 1.807) is 6.33 Å². The standard InChI is InChI=1S/C13H16N4/c1-10-5-13(17-9-16-10)15-8-12-4-2-3-11(6-12)7-14/h2-6,9H,7-8,14H2,1H3,(H,15,16,17). The van der Waals surface area contributed by atoms with Gasteiger partial charge in [-0.2, -0.15) is 0 Å². The minimum Gasteiger partial charge on any atom is -0.366 e. The summed E-state index contributed by atoms with van der Waals surface area (Å²) in [7, 11) is 0. The molecule has 88 valence electrons. The zero-order valence-electron chi connectivity index (χ0n) is 9.85. The average Bonchev–Trinajstić information content (AvgIpc) is 2.37. The maximum Gasteiger partial charge on any atom is 0.129 e. The van der Waals surface area contributed by atoms with E-state index in [-0.39, 0.29) is 0 Å². The fourth-order valence-electron chi connectivity index (χ4n) is 1.61. The van der Waals surface area contributed by atoms with Gasteiger partial charge >= 0.3 is 0 Å². The van der Waals surface area contributed by atoms with Crippen molar-refractivity contribution in [3.8, 4) is 0 Å². The summed E-state index contributed by atoms with van der Waals surface area (Å²) < 4.78 is 0. The Bertz CT molecular complexity index is 496. The number of hydrogen-bond acceptors (Lipinski definition) is 4. The smallest absolute Gasteiger partial charge is 0.129 e. The van der Waals surface area contributed by atoms with Crippen LogP contribution in [-0.2, 0) is 13.1 Å². The molecule has 0 saturated carbocycles. The second-order valence-corrected chi connectivity index (χ2v) is 3.92. The number of anilines is 1. The summed E-state index contributed by atoms with van der Waals surface area (Å²) in [6.45, 7) is 3.26. The van der Waals surface area contributed by atoms with Crippen molar-refractivity contribution in [2.24, 2.45) is 5.73 Å². The second kappa shape index (κ2) is 5.41. The molecule has 0 amide bonds. The summed E-state index contributed by atoms with van der Waals surface area (Å²) >= 11 is 0. The van der Waals surface area contributed by atoms with Crippen molar-refractivity contribution in [2.75, 3.05) is 5.32 Å². The molecule has 0 atom stereocenters. The number of nitrogens with zero attached hydrogens (tertiary/aromatic N) is 2. The van der Waals surface area contributed by atoms with Gasteiger partial charge in [-0.1, -0.05) is 24.3 Å². The molecule has 1 aromatic carbocycles.